The Bertz CT molecular complexity index is 255. The first-order chi connectivity index (χ1) is 6.90. The van der Waals surface area contributed by atoms with Gasteiger partial charge in [-0.1, -0.05) is 5.10 Å². The standard InChI is InChI=1S/C8H15N5O/c1-2-14-7-3-5-13(6-4-7)8-9-11-12-10-8/h7H,2-6H2,1H3,(H,9,10,11,12). The third-order valence-electron chi connectivity index (χ3n) is 2.46. The average Bonchev–Trinajstić information content (AvgIpc) is 2.72. The first kappa shape index (κ1) is 9.39. The van der Waals surface area contributed by atoms with Crippen molar-refractivity contribution in [3.05, 3.63) is 0 Å². The molecule has 0 aromatic carbocycles. The number of nitrogens with zero attached hydrogens (tertiary/aromatic N) is 4. The molecule has 0 amide bonds. The van der Waals surface area contributed by atoms with Crippen LogP contribution in [0.25, 0.3) is 0 Å². The second-order valence-electron chi connectivity index (χ2n) is 3.35. The molecular formula is C8H15N5O. The molecule has 6 heteroatoms. The minimum absolute atomic E-state index is 0.406. The van der Waals surface area contributed by atoms with Crippen LogP contribution in [-0.4, -0.2) is 46.4 Å². The third kappa shape index (κ3) is 2.01. The Labute approximate surface area is 82.6 Å². The Morgan fingerprint density at radius 3 is 2.86 bits per heavy atom. The molecule has 1 aliphatic rings. The number of H-pyrrole nitrogens is 1. The van der Waals surface area contributed by atoms with Crippen LogP contribution in [-0.2, 0) is 4.74 Å². The van der Waals surface area contributed by atoms with E-state index >= 15 is 0 Å². The average molecular weight is 197 g/mol. The fourth-order valence-corrected chi connectivity index (χ4v) is 1.75. The van der Waals surface area contributed by atoms with Crippen LogP contribution in [0, 0.1) is 0 Å². The number of hydrogen-bond acceptors (Lipinski definition) is 5. The summed E-state index contributed by atoms with van der Waals surface area (Å²) in [5.74, 6) is 0.694. The maximum absolute atomic E-state index is 5.56. The molecule has 14 heavy (non-hydrogen) atoms. The number of nitrogens with one attached hydrogen (secondary N) is 1. The molecule has 0 radical (unpaired) electrons. The maximum Gasteiger partial charge on any atom is 0.265 e. The van der Waals surface area contributed by atoms with Crippen LogP contribution < -0.4 is 4.90 Å². The molecule has 1 N–H and O–H groups in total. The summed E-state index contributed by atoms with van der Waals surface area (Å²) < 4.78 is 5.56. The fraction of sp³-hybridized carbons (Fsp3) is 0.875. The summed E-state index contributed by atoms with van der Waals surface area (Å²) in [6.07, 6.45) is 2.49. The van der Waals surface area contributed by atoms with Gasteiger partial charge in [-0.25, -0.2) is 0 Å². The van der Waals surface area contributed by atoms with Gasteiger partial charge < -0.3 is 9.64 Å². The summed E-state index contributed by atoms with van der Waals surface area (Å²) in [7, 11) is 0. The zero-order chi connectivity index (χ0) is 9.80. The molecule has 78 valence electrons. The normalized spacial score (nSPS) is 18.8. The second-order valence-corrected chi connectivity index (χ2v) is 3.35. The van der Waals surface area contributed by atoms with E-state index in [0.717, 1.165) is 32.5 Å². The van der Waals surface area contributed by atoms with Gasteiger partial charge in [0.05, 0.1) is 6.10 Å². The van der Waals surface area contributed by atoms with Gasteiger partial charge in [0.15, 0.2) is 0 Å². The predicted molar refractivity (Wildman–Crippen MR) is 51.0 cm³/mol. The molecule has 0 saturated carbocycles. The Morgan fingerprint density at radius 2 is 2.29 bits per heavy atom. The highest BCUT2D eigenvalue weighted by Gasteiger charge is 2.21. The quantitative estimate of drug-likeness (QED) is 0.750. The molecule has 1 aliphatic heterocycles. The summed E-state index contributed by atoms with van der Waals surface area (Å²) >= 11 is 0. The Morgan fingerprint density at radius 1 is 1.50 bits per heavy atom. The zero-order valence-electron chi connectivity index (χ0n) is 8.31. The lowest BCUT2D eigenvalue weighted by atomic mass is 10.1. The largest absolute Gasteiger partial charge is 0.378 e. The van der Waals surface area contributed by atoms with Crippen LogP contribution in [0.3, 0.4) is 0 Å². The van der Waals surface area contributed by atoms with Gasteiger partial charge in [0.25, 0.3) is 5.95 Å². The lowest BCUT2D eigenvalue weighted by Crippen LogP contribution is -2.37. The Balaban J connectivity index is 1.84. The summed E-state index contributed by atoms with van der Waals surface area (Å²) in [5.41, 5.74) is 0. The molecule has 0 bridgehead atoms. The van der Waals surface area contributed by atoms with Gasteiger partial charge in [-0.15, -0.1) is 5.10 Å². The number of rotatable bonds is 3. The first-order valence-corrected chi connectivity index (χ1v) is 5.00. The molecular weight excluding hydrogens is 182 g/mol. The van der Waals surface area contributed by atoms with Crippen LogP contribution in [0.15, 0.2) is 0 Å². The minimum atomic E-state index is 0.406. The van der Waals surface area contributed by atoms with E-state index in [-0.39, 0.29) is 0 Å². The first-order valence-electron chi connectivity index (χ1n) is 5.00. The number of hydrogen-bond donors (Lipinski definition) is 1. The van der Waals surface area contributed by atoms with E-state index < -0.39 is 0 Å². The SMILES string of the molecule is CCOC1CCN(c2nn[nH]n2)CC1. The van der Waals surface area contributed by atoms with E-state index in [1.807, 2.05) is 6.92 Å². The van der Waals surface area contributed by atoms with Crippen LogP contribution in [0.1, 0.15) is 19.8 Å². The van der Waals surface area contributed by atoms with Crippen molar-refractivity contribution in [1.82, 2.24) is 20.6 Å². The summed E-state index contributed by atoms with van der Waals surface area (Å²) in [6.45, 7) is 4.73. The van der Waals surface area contributed by atoms with Crippen molar-refractivity contribution in [1.29, 1.82) is 0 Å². The smallest absolute Gasteiger partial charge is 0.265 e. The molecule has 1 saturated heterocycles. The highest BCUT2D eigenvalue weighted by atomic mass is 16.5. The molecule has 1 aromatic heterocycles. The van der Waals surface area contributed by atoms with E-state index in [2.05, 4.69) is 25.5 Å². The topological polar surface area (TPSA) is 66.9 Å². The van der Waals surface area contributed by atoms with Crippen LogP contribution in [0.2, 0.25) is 0 Å². The van der Waals surface area contributed by atoms with E-state index in [1.54, 1.807) is 0 Å². The van der Waals surface area contributed by atoms with Crippen molar-refractivity contribution in [3.8, 4) is 0 Å². The van der Waals surface area contributed by atoms with Crippen molar-refractivity contribution >= 4 is 5.95 Å². The number of piperidine rings is 1. The molecule has 1 fully saturated rings. The third-order valence-corrected chi connectivity index (χ3v) is 2.46. The molecule has 0 aliphatic carbocycles. The monoisotopic (exact) mass is 197 g/mol. The molecule has 6 nitrogen and oxygen atoms in total. The number of aromatic amines is 1. The number of tetrazole rings is 1. The van der Waals surface area contributed by atoms with E-state index in [4.69, 9.17) is 4.74 Å². The van der Waals surface area contributed by atoms with Crippen molar-refractivity contribution in [3.63, 3.8) is 0 Å². The number of aromatic nitrogens is 4. The summed E-state index contributed by atoms with van der Waals surface area (Å²) in [5, 5.41) is 13.9. The van der Waals surface area contributed by atoms with Gasteiger partial charge in [0.1, 0.15) is 0 Å². The number of ether oxygens (including phenoxy) is 1. The predicted octanol–water partition coefficient (Wildman–Crippen LogP) is 0.205. The highest BCUT2D eigenvalue weighted by molar-refractivity contribution is 5.26. The molecule has 1 aromatic rings. The van der Waals surface area contributed by atoms with Crippen molar-refractivity contribution < 1.29 is 4.74 Å². The Hall–Kier alpha value is -1.17. The van der Waals surface area contributed by atoms with Gasteiger partial charge in [-0.05, 0) is 25.0 Å². The molecule has 2 rings (SSSR count). The molecule has 0 spiro atoms. The fourth-order valence-electron chi connectivity index (χ4n) is 1.75. The molecule has 0 unspecified atom stereocenters. The van der Waals surface area contributed by atoms with E-state index in [1.165, 1.54) is 0 Å². The number of anilines is 1. The van der Waals surface area contributed by atoms with E-state index in [9.17, 15) is 0 Å². The minimum Gasteiger partial charge on any atom is -0.378 e. The van der Waals surface area contributed by atoms with E-state index in [0.29, 0.717) is 12.1 Å². The van der Waals surface area contributed by atoms with Gasteiger partial charge in [0, 0.05) is 19.7 Å². The lowest BCUT2D eigenvalue weighted by Gasteiger charge is -2.30. The maximum atomic E-state index is 5.56. The van der Waals surface area contributed by atoms with Crippen LogP contribution >= 0.6 is 0 Å². The van der Waals surface area contributed by atoms with Crippen molar-refractivity contribution in [2.75, 3.05) is 24.6 Å². The Kier molecular flexibility index (Phi) is 2.93. The lowest BCUT2D eigenvalue weighted by molar-refractivity contribution is 0.0457. The van der Waals surface area contributed by atoms with Crippen molar-refractivity contribution in [2.24, 2.45) is 0 Å². The summed E-state index contributed by atoms with van der Waals surface area (Å²) in [4.78, 5) is 2.12. The van der Waals surface area contributed by atoms with Crippen molar-refractivity contribution in [2.45, 2.75) is 25.9 Å². The second kappa shape index (κ2) is 4.36. The van der Waals surface area contributed by atoms with Gasteiger partial charge in [0.2, 0.25) is 0 Å². The van der Waals surface area contributed by atoms with Crippen LogP contribution in [0.5, 0.6) is 0 Å². The summed E-state index contributed by atoms with van der Waals surface area (Å²) in [6, 6.07) is 0. The van der Waals surface area contributed by atoms with Gasteiger partial charge in [-0.2, -0.15) is 5.21 Å². The molecule has 2 heterocycles. The highest BCUT2D eigenvalue weighted by Crippen LogP contribution is 2.16. The van der Waals surface area contributed by atoms with Gasteiger partial charge >= 0.3 is 0 Å². The van der Waals surface area contributed by atoms with Gasteiger partial charge in [-0.3, -0.25) is 0 Å². The zero-order valence-corrected chi connectivity index (χ0v) is 8.31. The van der Waals surface area contributed by atoms with Crippen LogP contribution in [0.4, 0.5) is 5.95 Å². The molecule has 0 atom stereocenters.